The van der Waals surface area contributed by atoms with Gasteiger partial charge in [0.1, 0.15) is 0 Å². The van der Waals surface area contributed by atoms with Crippen molar-refractivity contribution in [1.82, 2.24) is 10.7 Å². The molecule has 0 saturated heterocycles. The molecule has 0 radical (unpaired) electrons. The summed E-state index contributed by atoms with van der Waals surface area (Å²) in [5.41, 5.74) is 5.07. The fourth-order valence-electron chi connectivity index (χ4n) is 1.84. The van der Waals surface area contributed by atoms with Crippen molar-refractivity contribution in [3.05, 3.63) is 35.4 Å². The molecule has 5 nitrogen and oxygen atoms in total. The van der Waals surface area contributed by atoms with Gasteiger partial charge in [0, 0.05) is 13.2 Å². The third-order valence-electron chi connectivity index (χ3n) is 3.00. The maximum atomic E-state index is 5.46. The van der Waals surface area contributed by atoms with E-state index in [0.29, 0.717) is 25.0 Å². The van der Waals surface area contributed by atoms with Crippen LogP contribution in [0.15, 0.2) is 29.3 Å². The lowest BCUT2D eigenvalue weighted by Crippen LogP contribution is -2.46. The molecule has 112 valence electrons. The normalized spacial score (nSPS) is 13.4. The number of hydrogen-bond acceptors (Lipinski definition) is 3. The predicted octanol–water partition coefficient (Wildman–Crippen LogP) is 1.75. The molecule has 0 aliphatic rings. The molecule has 0 aromatic heterocycles. The number of ether oxygens (including phenoxy) is 1. The highest BCUT2D eigenvalue weighted by atomic mass is 16.5. The smallest absolute Gasteiger partial charge is 0.206 e. The standard InChI is InChI=1S/C15H26N4O/c1-11(2)14-7-5-13(6-8-14)9-17-15(19-16)18-12(3)10-20-4/h5-8,11-12H,9-10,16H2,1-4H3,(H2,17,18,19). The lowest BCUT2D eigenvalue weighted by molar-refractivity contribution is 0.179. The molecule has 0 heterocycles. The molecule has 4 N–H and O–H groups in total. The molecule has 0 aliphatic heterocycles. The van der Waals surface area contributed by atoms with Crippen molar-refractivity contribution >= 4 is 5.96 Å². The Hall–Kier alpha value is -1.59. The summed E-state index contributed by atoms with van der Waals surface area (Å²) in [7, 11) is 1.67. The summed E-state index contributed by atoms with van der Waals surface area (Å²) in [6.07, 6.45) is 0. The van der Waals surface area contributed by atoms with Gasteiger partial charge in [0.25, 0.3) is 0 Å². The fraction of sp³-hybridized carbons (Fsp3) is 0.533. The Labute approximate surface area is 121 Å². The molecule has 1 aromatic rings. The van der Waals surface area contributed by atoms with Gasteiger partial charge in [-0.25, -0.2) is 10.8 Å². The quantitative estimate of drug-likeness (QED) is 0.321. The SMILES string of the molecule is COCC(C)NC(=NCc1ccc(C(C)C)cc1)NN. The summed E-state index contributed by atoms with van der Waals surface area (Å²) in [5.74, 6) is 6.58. The summed E-state index contributed by atoms with van der Waals surface area (Å²) in [6.45, 7) is 7.57. The van der Waals surface area contributed by atoms with Crippen LogP contribution in [0.5, 0.6) is 0 Å². The molecular weight excluding hydrogens is 252 g/mol. The molecule has 0 fully saturated rings. The number of benzene rings is 1. The van der Waals surface area contributed by atoms with Crippen LogP contribution in [0.3, 0.4) is 0 Å². The Kier molecular flexibility index (Phi) is 7.04. The summed E-state index contributed by atoms with van der Waals surface area (Å²) in [5, 5.41) is 3.16. The molecular formula is C15H26N4O. The Morgan fingerprint density at radius 2 is 1.90 bits per heavy atom. The lowest BCUT2D eigenvalue weighted by Gasteiger charge is -2.15. The van der Waals surface area contributed by atoms with Crippen LogP contribution in [-0.4, -0.2) is 25.7 Å². The highest BCUT2D eigenvalue weighted by Crippen LogP contribution is 2.14. The van der Waals surface area contributed by atoms with Gasteiger partial charge < -0.3 is 10.1 Å². The third-order valence-corrected chi connectivity index (χ3v) is 3.00. The maximum absolute atomic E-state index is 5.46. The highest BCUT2D eigenvalue weighted by Gasteiger charge is 2.04. The van der Waals surface area contributed by atoms with Gasteiger partial charge in [0.05, 0.1) is 13.2 Å². The van der Waals surface area contributed by atoms with Gasteiger partial charge in [-0.2, -0.15) is 0 Å². The minimum atomic E-state index is 0.151. The van der Waals surface area contributed by atoms with Crippen LogP contribution in [0.4, 0.5) is 0 Å². The Morgan fingerprint density at radius 3 is 2.40 bits per heavy atom. The first-order valence-electron chi connectivity index (χ1n) is 6.92. The third kappa shape index (κ3) is 5.59. The van der Waals surface area contributed by atoms with E-state index >= 15 is 0 Å². The molecule has 0 saturated carbocycles. The predicted molar refractivity (Wildman–Crippen MR) is 83.5 cm³/mol. The van der Waals surface area contributed by atoms with Crippen LogP contribution in [0.25, 0.3) is 0 Å². The number of hydrazine groups is 1. The molecule has 0 spiro atoms. The van der Waals surface area contributed by atoms with E-state index < -0.39 is 0 Å². The number of rotatable bonds is 6. The molecule has 20 heavy (non-hydrogen) atoms. The van der Waals surface area contributed by atoms with E-state index in [1.165, 1.54) is 5.56 Å². The number of nitrogens with one attached hydrogen (secondary N) is 2. The number of methoxy groups -OCH3 is 1. The molecule has 0 bridgehead atoms. The highest BCUT2D eigenvalue weighted by molar-refractivity contribution is 5.79. The van der Waals surface area contributed by atoms with Gasteiger partial charge in [0.15, 0.2) is 0 Å². The second kappa shape index (κ2) is 8.55. The van der Waals surface area contributed by atoms with Crippen LogP contribution in [0, 0.1) is 0 Å². The molecule has 0 aliphatic carbocycles. The van der Waals surface area contributed by atoms with Crippen molar-refractivity contribution in [2.24, 2.45) is 10.8 Å². The largest absolute Gasteiger partial charge is 0.383 e. The average molecular weight is 278 g/mol. The van der Waals surface area contributed by atoms with E-state index in [9.17, 15) is 0 Å². The molecule has 1 atom stereocenters. The van der Waals surface area contributed by atoms with E-state index in [0.717, 1.165) is 5.56 Å². The summed E-state index contributed by atoms with van der Waals surface area (Å²) in [4.78, 5) is 4.42. The minimum absolute atomic E-state index is 0.151. The number of guanidine groups is 1. The Morgan fingerprint density at radius 1 is 1.25 bits per heavy atom. The Bertz CT molecular complexity index is 414. The first kappa shape index (κ1) is 16.5. The van der Waals surface area contributed by atoms with Crippen LogP contribution < -0.4 is 16.6 Å². The number of nitrogens with two attached hydrogens (primary N) is 1. The van der Waals surface area contributed by atoms with Crippen molar-refractivity contribution in [3.63, 3.8) is 0 Å². The Balaban J connectivity index is 2.59. The van der Waals surface area contributed by atoms with Gasteiger partial charge in [-0.15, -0.1) is 0 Å². The second-order valence-electron chi connectivity index (χ2n) is 5.21. The topological polar surface area (TPSA) is 71.7 Å². The van der Waals surface area contributed by atoms with Gasteiger partial charge in [-0.3, -0.25) is 5.43 Å². The molecule has 5 heteroatoms. The zero-order valence-corrected chi connectivity index (χ0v) is 12.8. The van der Waals surface area contributed by atoms with Crippen molar-refractivity contribution in [1.29, 1.82) is 0 Å². The maximum Gasteiger partial charge on any atom is 0.206 e. The second-order valence-corrected chi connectivity index (χ2v) is 5.21. The minimum Gasteiger partial charge on any atom is -0.383 e. The molecule has 1 unspecified atom stereocenters. The average Bonchev–Trinajstić information content (AvgIpc) is 2.44. The molecule has 1 aromatic carbocycles. The zero-order valence-electron chi connectivity index (χ0n) is 12.8. The number of hydrogen-bond donors (Lipinski definition) is 3. The summed E-state index contributed by atoms with van der Waals surface area (Å²) >= 11 is 0. The van der Waals surface area contributed by atoms with Crippen LogP contribution >= 0.6 is 0 Å². The van der Waals surface area contributed by atoms with Crippen LogP contribution in [0.1, 0.15) is 37.8 Å². The van der Waals surface area contributed by atoms with Gasteiger partial charge in [0.2, 0.25) is 5.96 Å². The fourth-order valence-corrected chi connectivity index (χ4v) is 1.84. The van der Waals surface area contributed by atoms with Gasteiger partial charge in [-0.1, -0.05) is 38.1 Å². The van der Waals surface area contributed by atoms with Crippen molar-refractivity contribution in [2.75, 3.05) is 13.7 Å². The molecule has 0 amide bonds. The van der Waals surface area contributed by atoms with E-state index in [4.69, 9.17) is 10.6 Å². The zero-order chi connectivity index (χ0) is 15.0. The van der Waals surface area contributed by atoms with E-state index in [1.54, 1.807) is 7.11 Å². The van der Waals surface area contributed by atoms with Crippen molar-refractivity contribution < 1.29 is 4.74 Å². The number of aliphatic imine (C=N–C) groups is 1. The van der Waals surface area contributed by atoms with E-state index in [2.05, 4.69) is 53.8 Å². The molecule has 1 rings (SSSR count). The van der Waals surface area contributed by atoms with Crippen LogP contribution in [-0.2, 0) is 11.3 Å². The first-order valence-corrected chi connectivity index (χ1v) is 6.92. The first-order chi connectivity index (χ1) is 9.56. The monoisotopic (exact) mass is 278 g/mol. The van der Waals surface area contributed by atoms with Crippen LogP contribution in [0.2, 0.25) is 0 Å². The van der Waals surface area contributed by atoms with Gasteiger partial charge in [-0.05, 0) is 24.0 Å². The summed E-state index contributed by atoms with van der Waals surface area (Å²) in [6, 6.07) is 8.65. The lowest BCUT2D eigenvalue weighted by atomic mass is 10.0. The van der Waals surface area contributed by atoms with Crippen molar-refractivity contribution in [3.8, 4) is 0 Å². The summed E-state index contributed by atoms with van der Waals surface area (Å²) < 4.78 is 5.06. The van der Waals surface area contributed by atoms with Gasteiger partial charge >= 0.3 is 0 Å². The van der Waals surface area contributed by atoms with Crippen molar-refractivity contribution in [2.45, 2.75) is 39.3 Å². The van der Waals surface area contributed by atoms with E-state index in [-0.39, 0.29) is 6.04 Å². The van der Waals surface area contributed by atoms with E-state index in [1.807, 2.05) is 6.92 Å². The number of nitrogens with zero attached hydrogens (tertiary/aromatic N) is 1.